The van der Waals surface area contributed by atoms with Gasteiger partial charge in [-0.15, -0.1) is 0 Å². The Balaban J connectivity index is 2.89. The molecule has 0 heterocycles. The van der Waals surface area contributed by atoms with E-state index in [0.29, 0.717) is 12.0 Å². The molecule has 0 amide bonds. The summed E-state index contributed by atoms with van der Waals surface area (Å²) in [5, 5.41) is 4.16. The topological polar surface area (TPSA) is 12.0 Å². The van der Waals surface area contributed by atoms with Crippen molar-refractivity contribution < 1.29 is 0 Å². The van der Waals surface area contributed by atoms with Gasteiger partial charge in [0, 0.05) is 15.5 Å². The lowest BCUT2D eigenvalue weighted by Crippen LogP contribution is -2.19. The molecular weight excluding hydrogens is 286 g/mol. The van der Waals surface area contributed by atoms with Crippen molar-refractivity contribution >= 4 is 27.5 Å². The highest BCUT2D eigenvalue weighted by molar-refractivity contribution is 9.10. The van der Waals surface area contributed by atoms with Gasteiger partial charge in [0.2, 0.25) is 0 Å². The van der Waals surface area contributed by atoms with E-state index in [1.165, 1.54) is 12.0 Å². The van der Waals surface area contributed by atoms with E-state index < -0.39 is 0 Å². The minimum atomic E-state index is 0.364. The Kier molecular flexibility index (Phi) is 5.81. The van der Waals surface area contributed by atoms with Gasteiger partial charge < -0.3 is 5.32 Å². The standard InChI is InChI=1S/C13H19BrClN/c1-4-9(2)7-13(16-3)11-8-10(15)5-6-12(11)14/h5-6,8-9,13,16H,4,7H2,1-3H3. The molecule has 16 heavy (non-hydrogen) atoms. The molecule has 0 aliphatic carbocycles. The van der Waals surface area contributed by atoms with Crippen molar-refractivity contribution in [1.82, 2.24) is 5.32 Å². The number of hydrogen-bond donors (Lipinski definition) is 1. The van der Waals surface area contributed by atoms with Crippen LogP contribution >= 0.6 is 27.5 Å². The molecule has 1 N–H and O–H groups in total. The molecule has 2 atom stereocenters. The van der Waals surface area contributed by atoms with Crippen molar-refractivity contribution in [2.45, 2.75) is 32.7 Å². The zero-order chi connectivity index (χ0) is 12.1. The predicted molar refractivity (Wildman–Crippen MR) is 75.0 cm³/mol. The van der Waals surface area contributed by atoms with Gasteiger partial charge in [-0.25, -0.2) is 0 Å². The van der Waals surface area contributed by atoms with Crippen LogP contribution in [0.4, 0.5) is 0 Å². The molecule has 0 saturated carbocycles. The van der Waals surface area contributed by atoms with Crippen LogP contribution in [0.15, 0.2) is 22.7 Å². The van der Waals surface area contributed by atoms with Crippen LogP contribution in [-0.2, 0) is 0 Å². The fourth-order valence-electron chi connectivity index (χ4n) is 1.75. The summed E-state index contributed by atoms with van der Waals surface area (Å²) >= 11 is 9.62. The van der Waals surface area contributed by atoms with Gasteiger partial charge >= 0.3 is 0 Å². The van der Waals surface area contributed by atoms with Crippen molar-refractivity contribution in [3.05, 3.63) is 33.3 Å². The SMILES string of the molecule is CCC(C)CC(NC)c1cc(Cl)ccc1Br. The Bertz CT molecular complexity index is 341. The molecule has 3 heteroatoms. The quantitative estimate of drug-likeness (QED) is 0.824. The Morgan fingerprint density at radius 1 is 1.44 bits per heavy atom. The van der Waals surface area contributed by atoms with Gasteiger partial charge in [-0.05, 0) is 43.1 Å². The van der Waals surface area contributed by atoms with Crippen LogP contribution in [0, 0.1) is 5.92 Å². The lowest BCUT2D eigenvalue weighted by molar-refractivity contribution is 0.421. The van der Waals surface area contributed by atoms with Gasteiger partial charge in [-0.1, -0.05) is 47.8 Å². The fraction of sp³-hybridized carbons (Fsp3) is 0.538. The number of rotatable bonds is 5. The van der Waals surface area contributed by atoms with Crippen molar-refractivity contribution in [2.24, 2.45) is 5.92 Å². The maximum absolute atomic E-state index is 6.04. The van der Waals surface area contributed by atoms with Gasteiger partial charge in [0.15, 0.2) is 0 Å². The molecule has 0 radical (unpaired) electrons. The minimum absolute atomic E-state index is 0.364. The van der Waals surface area contributed by atoms with Gasteiger partial charge in [-0.3, -0.25) is 0 Å². The molecule has 1 aromatic carbocycles. The van der Waals surface area contributed by atoms with E-state index >= 15 is 0 Å². The highest BCUT2D eigenvalue weighted by atomic mass is 79.9. The third-order valence-electron chi connectivity index (χ3n) is 3.02. The molecule has 0 aliphatic rings. The first-order valence-electron chi connectivity index (χ1n) is 5.70. The number of hydrogen-bond acceptors (Lipinski definition) is 1. The molecule has 0 spiro atoms. The largest absolute Gasteiger partial charge is 0.313 e. The van der Waals surface area contributed by atoms with Gasteiger partial charge in [-0.2, -0.15) is 0 Å². The number of nitrogens with one attached hydrogen (secondary N) is 1. The van der Waals surface area contributed by atoms with Crippen LogP contribution < -0.4 is 5.32 Å². The Labute approximate surface area is 112 Å². The first kappa shape index (κ1) is 14.0. The number of benzene rings is 1. The van der Waals surface area contributed by atoms with Crippen molar-refractivity contribution in [3.8, 4) is 0 Å². The highest BCUT2D eigenvalue weighted by Gasteiger charge is 2.15. The second kappa shape index (κ2) is 6.63. The summed E-state index contributed by atoms with van der Waals surface area (Å²) in [5.41, 5.74) is 1.25. The first-order valence-corrected chi connectivity index (χ1v) is 6.87. The van der Waals surface area contributed by atoms with Crippen LogP contribution in [0.25, 0.3) is 0 Å². The van der Waals surface area contributed by atoms with E-state index in [1.807, 2.05) is 25.2 Å². The molecule has 0 aromatic heterocycles. The Hall–Kier alpha value is -0.0500. The predicted octanol–water partition coefficient (Wildman–Crippen LogP) is 4.80. The van der Waals surface area contributed by atoms with Crippen molar-refractivity contribution in [3.63, 3.8) is 0 Å². The zero-order valence-corrected chi connectivity index (χ0v) is 12.4. The van der Waals surface area contributed by atoms with Crippen molar-refractivity contribution in [2.75, 3.05) is 7.05 Å². The summed E-state index contributed by atoms with van der Waals surface area (Å²) in [4.78, 5) is 0. The van der Waals surface area contributed by atoms with Crippen LogP contribution in [0.2, 0.25) is 5.02 Å². The van der Waals surface area contributed by atoms with Gasteiger partial charge in [0.25, 0.3) is 0 Å². The lowest BCUT2D eigenvalue weighted by atomic mass is 9.94. The van der Waals surface area contributed by atoms with Crippen LogP contribution in [0.5, 0.6) is 0 Å². The molecule has 0 fully saturated rings. The molecule has 1 nitrogen and oxygen atoms in total. The smallest absolute Gasteiger partial charge is 0.0410 e. The van der Waals surface area contributed by atoms with Gasteiger partial charge in [0.1, 0.15) is 0 Å². The summed E-state index contributed by atoms with van der Waals surface area (Å²) in [6.07, 6.45) is 2.34. The zero-order valence-electron chi connectivity index (χ0n) is 10.1. The minimum Gasteiger partial charge on any atom is -0.313 e. The molecule has 1 aromatic rings. The molecule has 2 unspecified atom stereocenters. The van der Waals surface area contributed by atoms with E-state index in [9.17, 15) is 0 Å². The molecule has 90 valence electrons. The van der Waals surface area contributed by atoms with E-state index in [2.05, 4.69) is 35.1 Å². The summed E-state index contributed by atoms with van der Waals surface area (Å²) in [6, 6.07) is 6.32. The Morgan fingerprint density at radius 2 is 2.12 bits per heavy atom. The maximum atomic E-state index is 6.04. The monoisotopic (exact) mass is 303 g/mol. The van der Waals surface area contributed by atoms with Crippen LogP contribution in [-0.4, -0.2) is 7.05 Å². The highest BCUT2D eigenvalue weighted by Crippen LogP contribution is 2.30. The van der Waals surface area contributed by atoms with E-state index in [1.54, 1.807) is 0 Å². The van der Waals surface area contributed by atoms with Crippen LogP contribution in [0.1, 0.15) is 38.3 Å². The average Bonchev–Trinajstić information content (AvgIpc) is 2.29. The third-order valence-corrected chi connectivity index (χ3v) is 3.97. The maximum Gasteiger partial charge on any atom is 0.0410 e. The summed E-state index contributed by atoms with van der Waals surface area (Å²) in [7, 11) is 2.00. The van der Waals surface area contributed by atoms with Crippen LogP contribution in [0.3, 0.4) is 0 Å². The summed E-state index contributed by atoms with van der Waals surface area (Å²) < 4.78 is 1.12. The second-order valence-corrected chi connectivity index (χ2v) is 5.55. The Morgan fingerprint density at radius 3 is 2.69 bits per heavy atom. The molecule has 0 saturated heterocycles. The van der Waals surface area contributed by atoms with E-state index in [4.69, 9.17) is 11.6 Å². The molecular formula is C13H19BrClN. The van der Waals surface area contributed by atoms with Gasteiger partial charge in [0.05, 0.1) is 0 Å². The average molecular weight is 305 g/mol. The fourth-order valence-corrected chi connectivity index (χ4v) is 2.45. The summed E-state index contributed by atoms with van der Waals surface area (Å²) in [6.45, 7) is 4.51. The molecule has 0 bridgehead atoms. The molecule has 0 aliphatic heterocycles. The first-order chi connectivity index (χ1) is 7.58. The van der Waals surface area contributed by atoms with E-state index in [0.717, 1.165) is 15.9 Å². The van der Waals surface area contributed by atoms with Crippen molar-refractivity contribution in [1.29, 1.82) is 0 Å². The summed E-state index contributed by atoms with van der Waals surface area (Å²) in [5.74, 6) is 0.711. The lowest BCUT2D eigenvalue weighted by Gasteiger charge is -2.21. The third kappa shape index (κ3) is 3.76. The second-order valence-electron chi connectivity index (χ2n) is 4.26. The molecule has 1 rings (SSSR count). The normalized spacial score (nSPS) is 14.8. The number of halogens is 2. The van der Waals surface area contributed by atoms with E-state index in [-0.39, 0.29) is 0 Å².